The van der Waals surface area contributed by atoms with Crippen LogP contribution in [0.25, 0.3) is 0 Å². The molecule has 0 radical (unpaired) electrons. The highest BCUT2D eigenvalue weighted by Gasteiger charge is 2.33. The van der Waals surface area contributed by atoms with Gasteiger partial charge in [-0.25, -0.2) is 4.79 Å². The van der Waals surface area contributed by atoms with Crippen LogP contribution < -0.4 is 0 Å². The van der Waals surface area contributed by atoms with Crippen LogP contribution >= 0.6 is 11.8 Å². The van der Waals surface area contributed by atoms with Crippen LogP contribution in [0.15, 0.2) is 18.2 Å². The molecule has 1 saturated heterocycles. The van der Waals surface area contributed by atoms with E-state index in [1.807, 2.05) is 0 Å². The third-order valence-corrected chi connectivity index (χ3v) is 4.14. The normalized spacial score (nSPS) is 19.2. The summed E-state index contributed by atoms with van der Waals surface area (Å²) in [4.78, 5) is 25.0. The molecule has 1 atom stereocenters. The van der Waals surface area contributed by atoms with Crippen LogP contribution in [0, 0.1) is 6.92 Å². The predicted octanol–water partition coefficient (Wildman–Crippen LogP) is 1.34. The Bertz CT molecular complexity index is 517. The second-order valence-corrected chi connectivity index (χ2v) is 5.58. The zero-order valence-electron chi connectivity index (χ0n) is 10.5. The number of aromatic hydroxyl groups is 1. The van der Waals surface area contributed by atoms with Gasteiger partial charge in [-0.3, -0.25) is 4.79 Å². The van der Waals surface area contributed by atoms with Crippen LogP contribution in [0.1, 0.15) is 15.9 Å². The number of aryl methyl sites for hydroxylation is 1. The van der Waals surface area contributed by atoms with Gasteiger partial charge in [-0.05, 0) is 30.7 Å². The molecule has 1 unspecified atom stereocenters. The summed E-state index contributed by atoms with van der Waals surface area (Å²) in [6, 6.07) is 3.70. The van der Waals surface area contributed by atoms with E-state index in [4.69, 9.17) is 0 Å². The number of phenols is 1. The topological polar surface area (TPSA) is 77.8 Å². The minimum atomic E-state index is -0.975. The second kappa shape index (κ2) is 5.52. The zero-order valence-corrected chi connectivity index (χ0v) is 11.3. The minimum absolute atomic E-state index is 0.0954. The molecule has 1 aliphatic heterocycles. The first-order chi connectivity index (χ1) is 9.00. The van der Waals surface area contributed by atoms with E-state index in [-0.39, 0.29) is 11.7 Å². The molecule has 6 heteroatoms. The van der Waals surface area contributed by atoms with Gasteiger partial charge in [0.25, 0.3) is 5.91 Å². The summed E-state index contributed by atoms with van der Waals surface area (Å²) in [5.41, 5.74) is 1.09. The molecule has 1 aromatic carbocycles. The van der Waals surface area contributed by atoms with Gasteiger partial charge in [0.15, 0.2) is 0 Å². The van der Waals surface area contributed by atoms with Crippen LogP contribution in [-0.4, -0.2) is 51.1 Å². The van der Waals surface area contributed by atoms with Gasteiger partial charge in [0.1, 0.15) is 11.8 Å². The Labute approximate surface area is 115 Å². The van der Waals surface area contributed by atoms with Crippen molar-refractivity contribution in [3.63, 3.8) is 0 Å². The Morgan fingerprint density at radius 3 is 2.79 bits per heavy atom. The lowest BCUT2D eigenvalue weighted by atomic mass is 10.1. The van der Waals surface area contributed by atoms with Crippen molar-refractivity contribution in [1.82, 2.24) is 4.90 Å². The van der Waals surface area contributed by atoms with Crippen LogP contribution in [0.5, 0.6) is 5.75 Å². The van der Waals surface area contributed by atoms with Crippen LogP contribution in [0.4, 0.5) is 0 Å². The summed E-state index contributed by atoms with van der Waals surface area (Å²) in [5, 5.41) is 18.5. The van der Waals surface area contributed by atoms with Crippen molar-refractivity contribution in [3.05, 3.63) is 29.3 Å². The molecule has 102 valence electrons. The molecule has 1 fully saturated rings. The van der Waals surface area contributed by atoms with E-state index in [2.05, 4.69) is 0 Å². The summed E-state index contributed by atoms with van der Waals surface area (Å²) in [6.45, 7) is 2.15. The number of rotatable bonds is 2. The van der Waals surface area contributed by atoms with Crippen molar-refractivity contribution in [3.8, 4) is 5.75 Å². The number of nitrogens with zero attached hydrogens (tertiary/aromatic N) is 1. The summed E-state index contributed by atoms with van der Waals surface area (Å²) in [6.07, 6.45) is 0. The molecule has 0 saturated carbocycles. The maximum Gasteiger partial charge on any atom is 0.327 e. The first-order valence-corrected chi connectivity index (χ1v) is 7.07. The number of carbonyl (C=O) groups excluding carboxylic acids is 1. The second-order valence-electron chi connectivity index (χ2n) is 4.43. The first kappa shape index (κ1) is 13.7. The molecule has 0 aliphatic carbocycles. The quantitative estimate of drug-likeness (QED) is 0.855. The van der Waals surface area contributed by atoms with E-state index in [0.717, 1.165) is 5.75 Å². The smallest absolute Gasteiger partial charge is 0.327 e. The Morgan fingerprint density at radius 1 is 1.42 bits per heavy atom. The number of thioether (sulfide) groups is 1. The van der Waals surface area contributed by atoms with Gasteiger partial charge in [0.2, 0.25) is 0 Å². The SMILES string of the molecule is Cc1cc(O)ccc1C(=O)N1CCSCC1C(=O)O. The summed E-state index contributed by atoms with van der Waals surface area (Å²) in [7, 11) is 0. The Balaban J connectivity index is 2.28. The maximum absolute atomic E-state index is 12.4. The molecule has 19 heavy (non-hydrogen) atoms. The maximum atomic E-state index is 12.4. The van der Waals surface area contributed by atoms with Gasteiger partial charge in [-0.15, -0.1) is 0 Å². The van der Waals surface area contributed by atoms with E-state index in [1.54, 1.807) is 6.92 Å². The lowest BCUT2D eigenvalue weighted by Gasteiger charge is -2.33. The van der Waals surface area contributed by atoms with Crippen LogP contribution in [0.3, 0.4) is 0 Å². The van der Waals surface area contributed by atoms with E-state index < -0.39 is 12.0 Å². The average Bonchev–Trinajstić information content (AvgIpc) is 2.38. The molecule has 1 aliphatic rings. The molecule has 0 spiro atoms. The van der Waals surface area contributed by atoms with Crippen molar-refractivity contribution < 1.29 is 19.8 Å². The fourth-order valence-electron chi connectivity index (χ4n) is 2.09. The van der Waals surface area contributed by atoms with Gasteiger partial charge in [-0.1, -0.05) is 0 Å². The summed E-state index contributed by atoms with van der Waals surface area (Å²) in [5.74, 6) is -0.00887. The molecule has 0 aromatic heterocycles. The molecule has 2 rings (SSSR count). The fraction of sp³-hybridized carbons (Fsp3) is 0.385. The summed E-state index contributed by atoms with van der Waals surface area (Å²) < 4.78 is 0. The van der Waals surface area contributed by atoms with E-state index in [1.165, 1.54) is 34.9 Å². The standard InChI is InChI=1S/C13H15NO4S/c1-8-6-9(15)2-3-10(8)12(16)14-4-5-19-7-11(14)13(17)18/h2-3,6,11,15H,4-5,7H2,1H3,(H,17,18). The lowest BCUT2D eigenvalue weighted by molar-refractivity contribution is -0.141. The highest BCUT2D eigenvalue weighted by atomic mass is 32.2. The van der Waals surface area contributed by atoms with E-state index in [9.17, 15) is 19.8 Å². The lowest BCUT2D eigenvalue weighted by Crippen LogP contribution is -2.50. The molecule has 2 N–H and O–H groups in total. The number of hydrogen-bond acceptors (Lipinski definition) is 4. The largest absolute Gasteiger partial charge is 0.508 e. The predicted molar refractivity (Wildman–Crippen MR) is 72.6 cm³/mol. The number of phenolic OH excluding ortho intramolecular Hbond substituents is 1. The highest BCUT2D eigenvalue weighted by molar-refractivity contribution is 7.99. The number of hydrogen-bond donors (Lipinski definition) is 2. The highest BCUT2D eigenvalue weighted by Crippen LogP contribution is 2.22. The number of amides is 1. The number of aliphatic carboxylic acids is 1. The van der Waals surface area contributed by atoms with Crippen molar-refractivity contribution in [2.45, 2.75) is 13.0 Å². The van der Waals surface area contributed by atoms with Crippen molar-refractivity contribution >= 4 is 23.6 Å². The summed E-state index contributed by atoms with van der Waals surface area (Å²) >= 11 is 1.54. The monoisotopic (exact) mass is 281 g/mol. The average molecular weight is 281 g/mol. The number of carboxylic acid groups (broad SMARTS) is 1. The number of carboxylic acids is 1. The van der Waals surface area contributed by atoms with Crippen molar-refractivity contribution in [2.24, 2.45) is 0 Å². The molecule has 1 aromatic rings. The van der Waals surface area contributed by atoms with Gasteiger partial charge >= 0.3 is 5.97 Å². The molecule has 5 nitrogen and oxygen atoms in total. The number of benzene rings is 1. The van der Waals surface area contributed by atoms with Crippen molar-refractivity contribution in [2.75, 3.05) is 18.1 Å². The van der Waals surface area contributed by atoms with Gasteiger partial charge in [0.05, 0.1) is 0 Å². The van der Waals surface area contributed by atoms with Gasteiger partial charge < -0.3 is 15.1 Å². The molecule has 1 heterocycles. The molecular weight excluding hydrogens is 266 g/mol. The van der Waals surface area contributed by atoms with Crippen LogP contribution in [-0.2, 0) is 4.79 Å². The minimum Gasteiger partial charge on any atom is -0.508 e. The van der Waals surface area contributed by atoms with Gasteiger partial charge in [0, 0.05) is 23.6 Å². The van der Waals surface area contributed by atoms with E-state index >= 15 is 0 Å². The Morgan fingerprint density at radius 2 is 2.16 bits per heavy atom. The first-order valence-electron chi connectivity index (χ1n) is 5.92. The van der Waals surface area contributed by atoms with Crippen LogP contribution in [0.2, 0.25) is 0 Å². The fourth-order valence-corrected chi connectivity index (χ4v) is 3.13. The third-order valence-electron chi connectivity index (χ3n) is 3.11. The third kappa shape index (κ3) is 2.84. The zero-order chi connectivity index (χ0) is 14.0. The number of carbonyl (C=O) groups is 2. The molecule has 0 bridgehead atoms. The Hall–Kier alpha value is -1.69. The molecule has 1 amide bonds. The van der Waals surface area contributed by atoms with E-state index in [0.29, 0.717) is 23.4 Å². The molecular formula is C13H15NO4S. The Kier molecular flexibility index (Phi) is 3.99. The van der Waals surface area contributed by atoms with Gasteiger partial charge in [-0.2, -0.15) is 11.8 Å². The van der Waals surface area contributed by atoms with Crippen molar-refractivity contribution in [1.29, 1.82) is 0 Å².